The number of hydrogen-bond acceptors (Lipinski definition) is 5. The van der Waals surface area contributed by atoms with Crippen LogP contribution in [0.4, 0.5) is 0 Å². The molecule has 148 valence electrons. The number of carbonyl (C=O) groups excluding carboxylic acids is 1. The number of pyridine rings is 1. The molecule has 1 saturated heterocycles. The van der Waals surface area contributed by atoms with Gasteiger partial charge in [-0.2, -0.15) is 5.26 Å². The number of benzene rings is 1. The lowest BCUT2D eigenvalue weighted by Crippen LogP contribution is -2.37. The van der Waals surface area contributed by atoms with Crippen LogP contribution in [-0.4, -0.2) is 48.1 Å². The molecule has 0 radical (unpaired) electrons. The average molecular weight is 388 g/mol. The van der Waals surface area contributed by atoms with Crippen molar-refractivity contribution in [3.05, 3.63) is 52.7 Å². The molecule has 3 aliphatic rings. The number of rotatable bonds is 5. The van der Waals surface area contributed by atoms with Crippen LogP contribution in [0.25, 0.3) is 11.3 Å². The van der Waals surface area contributed by atoms with Gasteiger partial charge in [-0.05, 0) is 48.9 Å². The summed E-state index contributed by atoms with van der Waals surface area (Å²) in [7, 11) is 1.70. The molecule has 0 spiro atoms. The Balaban J connectivity index is 1.44. The predicted molar refractivity (Wildman–Crippen MR) is 108 cm³/mol. The number of carbonyl (C=O) groups is 1. The maximum atomic E-state index is 13.1. The lowest BCUT2D eigenvalue weighted by Gasteiger charge is -2.22. The van der Waals surface area contributed by atoms with Crippen LogP contribution in [0.5, 0.6) is 0 Å². The minimum atomic E-state index is 0.0103. The van der Waals surface area contributed by atoms with Crippen molar-refractivity contribution >= 4 is 5.91 Å². The maximum Gasteiger partial charge on any atom is 0.273 e. The molecule has 1 aromatic heterocycles. The summed E-state index contributed by atoms with van der Waals surface area (Å²) >= 11 is 0. The number of nitriles is 1. The summed E-state index contributed by atoms with van der Waals surface area (Å²) in [6.07, 6.45) is 3.25. The third-order valence-electron chi connectivity index (χ3n) is 6.27. The van der Waals surface area contributed by atoms with Crippen LogP contribution < -0.4 is 5.32 Å². The first kappa shape index (κ1) is 18.3. The molecule has 1 amide bonds. The van der Waals surface area contributed by atoms with Crippen molar-refractivity contribution in [1.82, 2.24) is 15.2 Å². The van der Waals surface area contributed by atoms with Crippen LogP contribution >= 0.6 is 0 Å². The van der Waals surface area contributed by atoms with Crippen LogP contribution in [-0.2, 0) is 11.3 Å². The largest absolute Gasteiger partial charge is 0.383 e. The van der Waals surface area contributed by atoms with E-state index in [-0.39, 0.29) is 11.9 Å². The number of methoxy groups -OCH3 is 1. The molecule has 6 nitrogen and oxygen atoms in total. The van der Waals surface area contributed by atoms with Gasteiger partial charge in [-0.1, -0.05) is 12.1 Å². The summed E-state index contributed by atoms with van der Waals surface area (Å²) in [6.45, 7) is 2.06. The Morgan fingerprint density at radius 2 is 2.17 bits per heavy atom. The van der Waals surface area contributed by atoms with Crippen molar-refractivity contribution < 1.29 is 9.53 Å². The van der Waals surface area contributed by atoms with E-state index < -0.39 is 0 Å². The average Bonchev–Trinajstić information content (AvgIpc) is 3.41. The molecule has 0 unspecified atom stereocenters. The number of ether oxygens (including phenoxy) is 1. The first-order valence-electron chi connectivity index (χ1n) is 10.3. The van der Waals surface area contributed by atoms with E-state index in [1.165, 1.54) is 18.4 Å². The van der Waals surface area contributed by atoms with E-state index in [0.29, 0.717) is 36.4 Å². The maximum absolute atomic E-state index is 13.1. The highest BCUT2D eigenvalue weighted by Crippen LogP contribution is 2.44. The van der Waals surface area contributed by atoms with Crippen molar-refractivity contribution in [2.45, 2.75) is 43.8 Å². The van der Waals surface area contributed by atoms with E-state index in [4.69, 9.17) is 9.72 Å². The molecular weight excluding hydrogens is 364 g/mol. The molecule has 1 saturated carbocycles. The Kier molecular flexibility index (Phi) is 4.57. The van der Waals surface area contributed by atoms with E-state index in [1.807, 2.05) is 29.2 Å². The van der Waals surface area contributed by atoms with E-state index >= 15 is 0 Å². The zero-order valence-corrected chi connectivity index (χ0v) is 16.5. The van der Waals surface area contributed by atoms with E-state index in [0.717, 1.165) is 29.8 Å². The summed E-state index contributed by atoms with van der Waals surface area (Å²) in [4.78, 5) is 19.9. The van der Waals surface area contributed by atoms with Gasteiger partial charge in [0.2, 0.25) is 0 Å². The van der Waals surface area contributed by atoms with Crippen molar-refractivity contribution in [2.75, 3.05) is 20.3 Å². The smallest absolute Gasteiger partial charge is 0.273 e. The minimum Gasteiger partial charge on any atom is -0.383 e. The first-order valence-corrected chi connectivity index (χ1v) is 10.3. The third kappa shape index (κ3) is 3.31. The summed E-state index contributed by atoms with van der Waals surface area (Å²) in [5.74, 6) is 0.554. The van der Waals surface area contributed by atoms with Crippen molar-refractivity contribution in [2.24, 2.45) is 0 Å². The second-order valence-corrected chi connectivity index (χ2v) is 8.28. The van der Waals surface area contributed by atoms with Crippen LogP contribution in [0.15, 0.2) is 30.3 Å². The van der Waals surface area contributed by atoms with Gasteiger partial charge >= 0.3 is 0 Å². The van der Waals surface area contributed by atoms with Crippen LogP contribution in [0.2, 0.25) is 0 Å². The molecule has 3 heterocycles. The number of amides is 1. The summed E-state index contributed by atoms with van der Waals surface area (Å²) in [5.41, 5.74) is 5.19. The normalized spacial score (nSPS) is 23.3. The standard InChI is InChI=1S/C23H24N4O2/c1-29-13-17-9-18(11-25-17)27-12-16-5-7-21(26-22(16)23(27)28)20-8-14(10-24)2-6-19(20)15-3-4-15/h2,5-8,15,17-18,25H,3-4,9,11-13H2,1H3/t17-,18+/m0/s1. The molecule has 1 N–H and O–H groups in total. The predicted octanol–water partition coefficient (Wildman–Crippen LogP) is 2.83. The van der Waals surface area contributed by atoms with E-state index in [2.05, 4.69) is 17.5 Å². The Hall–Kier alpha value is -2.75. The van der Waals surface area contributed by atoms with Gasteiger partial charge in [-0.3, -0.25) is 4.79 Å². The van der Waals surface area contributed by atoms with Gasteiger partial charge in [-0.25, -0.2) is 4.98 Å². The number of nitrogens with zero attached hydrogens (tertiary/aromatic N) is 3. The number of nitrogens with one attached hydrogen (secondary N) is 1. The molecule has 2 aromatic rings. The van der Waals surface area contributed by atoms with Gasteiger partial charge in [0.05, 0.1) is 23.9 Å². The highest BCUT2D eigenvalue weighted by Gasteiger charge is 2.38. The van der Waals surface area contributed by atoms with Gasteiger partial charge in [0.15, 0.2) is 0 Å². The van der Waals surface area contributed by atoms with Crippen LogP contribution in [0.1, 0.15) is 52.4 Å². The fourth-order valence-electron chi connectivity index (χ4n) is 4.60. The Morgan fingerprint density at radius 3 is 2.93 bits per heavy atom. The Bertz CT molecular complexity index is 1010. The van der Waals surface area contributed by atoms with Crippen molar-refractivity contribution in [3.63, 3.8) is 0 Å². The molecule has 0 bridgehead atoms. The van der Waals surface area contributed by atoms with Gasteiger partial charge in [0, 0.05) is 43.4 Å². The van der Waals surface area contributed by atoms with E-state index in [9.17, 15) is 10.1 Å². The van der Waals surface area contributed by atoms with Crippen molar-refractivity contribution in [1.29, 1.82) is 5.26 Å². The quantitative estimate of drug-likeness (QED) is 0.852. The fourth-order valence-corrected chi connectivity index (χ4v) is 4.60. The molecule has 1 aromatic carbocycles. The summed E-state index contributed by atoms with van der Waals surface area (Å²) < 4.78 is 5.24. The number of fused-ring (bicyclic) bond motifs is 1. The summed E-state index contributed by atoms with van der Waals surface area (Å²) in [6, 6.07) is 12.6. The zero-order valence-electron chi connectivity index (χ0n) is 16.5. The molecule has 2 aliphatic heterocycles. The fraction of sp³-hybridized carbons (Fsp3) is 0.435. The monoisotopic (exact) mass is 388 g/mol. The minimum absolute atomic E-state index is 0.0103. The molecule has 2 fully saturated rings. The Labute approximate surface area is 170 Å². The number of hydrogen-bond donors (Lipinski definition) is 1. The molecule has 29 heavy (non-hydrogen) atoms. The van der Waals surface area contributed by atoms with Crippen molar-refractivity contribution in [3.8, 4) is 17.3 Å². The molecule has 6 heteroatoms. The number of aromatic nitrogens is 1. The van der Waals surface area contributed by atoms with Crippen LogP contribution in [0, 0.1) is 11.3 Å². The second kappa shape index (κ2) is 7.25. The van der Waals surface area contributed by atoms with Gasteiger partial charge in [0.25, 0.3) is 5.91 Å². The molecule has 2 atom stereocenters. The zero-order chi connectivity index (χ0) is 20.0. The van der Waals surface area contributed by atoms with E-state index in [1.54, 1.807) is 7.11 Å². The third-order valence-corrected chi connectivity index (χ3v) is 6.27. The summed E-state index contributed by atoms with van der Waals surface area (Å²) in [5, 5.41) is 12.8. The highest BCUT2D eigenvalue weighted by molar-refractivity contribution is 5.97. The first-order chi connectivity index (χ1) is 14.2. The van der Waals surface area contributed by atoms with Crippen LogP contribution in [0.3, 0.4) is 0 Å². The highest BCUT2D eigenvalue weighted by atomic mass is 16.5. The van der Waals surface area contributed by atoms with Gasteiger partial charge < -0.3 is 15.0 Å². The second-order valence-electron chi connectivity index (χ2n) is 8.28. The lowest BCUT2D eigenvalue weighted by atomic mass is 9.97. The van der Waals surface area contributed by atoms with Gasteiger partial charge in [0.1, 0.15) is 5.69 Å². The molecule has 1 aliphatic carbocycles. The lowest BCUT2D eigenvalue weighted by molar-refractivity contribution is 0.0707. The Morgan fingerprint density at radius 1 is 1.31 bits per heavy atom. The topological polar surface area (TPSA) is 78.2 Å². The SMILES string of the molecule is COC[C@@H]1C[C@@H](N2Cc3ccc(-c4cc(C#N)ccc4C4CC4)nc3C2=O)CN1. The molecular formula is C23H24N4O2. The molecule has 5 rings (SSSR count). The van der Waals surface area contributed by atoms with Gasteiger partial charge in [-0.15, -0.1) is 0 Å².